The van der Waals surface area contributed by atoms with E-state index in [9.17, 15) is 4.79 Å². The van der Waals surface area contributed by atoms with Crippen molar-refractivity contribution < 1.29 is 24.9 Å². The normalized spacial score (nSPS) is 11.5. The molecule has 0 aliphatic carbocycles. The molecule has 0 atom stereocenters. The van der Waals surface area contributed by atoms with Gasteiger partial charge in [0.05, 0.1) is 19.8 Å². The molecule has 0 saturated heterocycles. The van der Waals surface area contributed by atoms with Crippen LogP contribution in [0.3, 0.4) is 0 Å². The van der Waals surface area contributed by atoms with E-state index < -0.39 is 31.3 Å². The summed E-state index contributed by atoms with van der Waals surface area (Å²) < 4.78 is 5.48. The Hall–Kier alpha value is -1.63. The molecule has 6 heteroatoms. The third-order valence-corrected chi connectivity index (χ3v) is 3.21. The quantitative estimate of drug-likeness (QED) is 0.542. The van der Waals surface area contributed by atoms with Crippen LogP contribution < -0.4 is 10.1 Å². The SMILES string of the molecule is CC(C)c1ccccc1OCC(=O)NC(CO)(CO)CO. The molecule has 0 aliphatic rings. The van der Waals surface area contributed by atoms with Crippen LogP contribution in [0.2, 0.25) is 0 Å². The van der Waals surface area contributed by atoms with Crippen LogP contribution in [-0.4, -0.2) is 53.2 Å². The summed E-state index contributed by atoms with van der Waals surface area (Å²) in [5.41, 5.74) is -0.444. The smallest absolute Gasteiger partial charge is 0.258 e. The fraction of sp³-hybridized carbons (Fsp3) is 0.533. The topological polar surface area (TPSA) is 99.0 Å². The molecule has 0 radical (unpaired) electrons. The summed E-state index contributed by atoms with van der Waals surface area (Å²) in [6.45, 7) is 2.11. The van der Waals surface area contributed by atoms with E-state index in [1.807, 2.05) is 32.0 Å². The molecule has 6 nitrogen and oxygen atoms in total. The van der Waals surface area contributed by atoms with Gasteiger partial charge in [0.1, 0.15) is 11.3 Å². The molecule has 0 aromatic heterocycles. The van der Waals surface area contributed by atoms with Crippen LogP contribution in [-0.2, 0) is 4.79 Å². The van der Waals surface area contributed by atoms with Gasteiger partial charge in [0.25, 0.3) is 5.91 Å². The fourth-order valence-electron chi connectivity index (χ4n) is 1.83. The molecule has 118 valence electrons. The Bertz CT molecular complexity index is 449. The first-order chi connectivity index (χ1) is 9.98. The molecule has 0 unspecified atom stereocenters. The zero-order chi connectivity index (χ0) is 15.9. The summed E-state index contributed by atoms with van der Waals surface area (Å²) in [5, 5.41) is 29.8. The summed E-state index contributed by atoms with van der Waals surface area (Å²) in [4.78, 5) is 11.8. The Labute approximate surface area is 124 Å². The zero-order valence-corrected chi connectivity index (χ0v) is 12.4. The fourth-order valence-corrected chi connectivity index (χ4v) is 1.83. The Kier molecular flexibility index (Phi) is 6.61. The first-order valence-corrected chi connectivity index (χ1v) is 6.83. The van der Waals surface area contributed by atoms with Gasteiger partial charge in [0.2, 0.25) is 0 Å². The van der Waals surface area contributed by atoms with Crippen molar-refractivity contribution in [3.05, 3.63) is 29.8 Å². The minimum absolute atomic E-state index is 0.258. The van der Waals surface area contributed by atoms with Crippen molar-refractivity contribution in [3.8, 4) is 5.75 Å². The van der Waals surface area contributed by atoms with Gasteiger partial charge in [-0.3, -0.25) is 4.79 Å². The molecule has 1 aromatic carbocycles. The summed E-state index contributed by atoms with van der Waals surface area (Å²) in [7, 11) is 0. The summed E-state index contributed by atoms with van der Waals surface area (Å²) >= 11 is 0. The number of aliphatic hydroxyl groups is 3. The van der Waals surface area contributed by atoms with Crippen molar-refractivity contribution in [2.45, 2.75) is 25.3 Å². The van der Waals surface area contributed by atoms with E-state index in [4.69, 9.17) is 20.1 Å². The highest BCUT2D eigenvalue weighted by molar-refractivity contribution is 5.78. The zero-order valence-electron chi connectivity index (χ0n) is 12.4. The average Bonchev–Trinajstić information content (AvgIpc) is 2.51. The largest absolute Gasteiger partial charge is 0.483 e. The Morgan fingerprint density at radius 2 is 1.76 bits per heavy atom. The number of hydrogen-bond acceptors (Lipinski definition) is 5. The molecule has 0 spiro atoms. The first-order valence-electron chi connectivity index (χ1n) is 6.83. The third-order valence-electron chi connectivity index (χ3n) is 3.21. The van der Waals surface area contributed by atoms with Gasteiger partial charge < -0.3 is 25.4 Å². The summed E-state index contributed by atoms with van der Waals surface area (Å²) in [6.07, 6.45) is 0. The van der Waals surface area contributed by atoms with Crippen LogP contribution in [0.15, 0.2) is 24.3 Å². The van der Waals surface area contributed by atoms with E-state index in [0.717, 1.165) is 5.56 Å². The van der Waals surface area contributed by atoms with Crippen LogP contribution in [0.4, 0.5) is 0 Å². The minimum Gasteiger partial charge on any atom is -0.483 e. The van der Waals surface area contributed by atoms with Gasteiger partial charge in [-0.2, -0.15) is 0 Å². The number of para-hydroxylation sites is 1. The van der Waals surface area contributed by atoms with E-state index in [2.05, 4.69) is 5.32 Å². The molecule has 1 amide bonds. The average molecular weight is 297 g/mol. The second kappa shape index (κ2) is 7.97. The Morgan fingerprint density at radius 3 is 2.29 bits per heavy atom. The third kappa shape index (κ3) is 4.70. The second-order valence-corrected chi connectivity index (χ2v) is 5.28. The van der Waals surface area contributed by atoms with Gasteiger partial charge in [-0.05, 0) is 17.5 Å². The maximum absolute atomic E-state index is 11.8. The lowest BCUT2D eigenvalue weighted by atomic mass is 10.0. The summed E-state index contributed by atoms with van der Waals surface area (Å²) in [5.74, 6) is 0.353. The predicted molar refractivity (Wildman–Crippen MR) is 78.2 cm³/mol. The van der Waals surface area contributed by atoms with Gasteiger partial charge in [-0.1, -0.05) is 32.0 Å². The molecule has 0 bridgehead atoms. The molecule has 0 heterocycles. The lowest BCUT2D eigenvalue weighted by molar-refractivity contribution is -0.127. The molecule has 0 fully saturated rings. The van der Waals surface area contributed by atoms with E-state index in [0.29, 0.717) is 5.75 Å². The van der Waals surface area contributed by atoms with Crippen LogP contribution in [0.1, 0.15) is 25.3 Å². The maximum Gasteiger partial charge on any atom is 0.258 e. The molecule has 1 rings (SSSR count). The molecule has 0 saturated carbocycles. The standard InChI is InChI=1S/C15H23NO5/c1-11(2)12-5-3-4-6-13(12)21-7-14(20)16-15(8-17,9-18)10-19/h3-6,11,17-19H,7-10H2,1-2H3,(H,16,20). The number of rotatable bonds is 8. The van der Waals surface area contributed by atoms with Crippen molar-refractivity contribution >= 4 is 5.91 Å². The van der Waals surface area contributed by atoms with Crippen molar-refractivity contribution in [2.75, 3.05) is 26.4 Å². The number of aliphatic hydroxyl groups excluding tert-OH is 3. The van der Waals surface area contributed by atoms with Crippen LogP contribution in [0.5, 0.6) is 5.75 Å². The van der Waals surface area contributed by atoms with Gasteiger partial charge in [0, 0.05) is 0 Å². The van der Waals surface area contributed by atoms with Crippen molar-refractivity contribution in [1.82, 2.24) is 5.32 Å². The van der Waals surface area contributed by atoms with Gasteiger partial charge >= 0.3 is 0 Å². The predicted octanol–water partition coefficient (Wildman–Crippen LogP) is 0.0207. The first kappa shape index (κ1) is 17.4. The lowest BCUT2D eigenvalue weighted by Crippen LogP contribution is -2.58. The summed E-state index contributed by atoms with van der Waals surface area (Å²) in [6, 6.07) is 7.42. The van der Waals surface area contributed by atoms with E-state index in [1.165, 1.54) is 0 Å². The van der Waals surface area contributed by atoms with Gasteiger partial charge in [-0.15, -0.1) is 0 Å². The molecular formula is C15H23NO5. The van der Waals surface area contributed by atoms with Crippen molar-refractivity contribution in [3.63, 3.8) is 0 Å². The number of hydrogen-bond donors (Lipinski definition) is 4. The van der Waals surface area contributed by atoms with Crippen LogP contribution in [0.25, 0.3) is 0 Å². The Balaban J connectivity index is 2.65. The molecule has 0 aliphatic heterocycles. The highest BCUT2D eigenvalue weighted by Crippen LogP contribution is 2.25. The van der Waals surface area contributed by atoms with Crippen molar-refractivity contribution in [1.29, 1.82) is 0 Å². The minimum atomic E-state index is -1.43. The lowest BCUT2D eigenvalue weighted by Gasteiger charge is -2.28. The maximum atomic E-state index is 11.8. The number of ether oxygens (including phenoxy) is 1. The number of carbonyl (C=O) groups is 1. The number of amides is 1. The number of carbonyl (C=O) groups excluding carboxylic acids is 1. The molecule has 4 N–H and O–H groups in total. The van der Waals surface area contributed by atoms with E-state index in [-0.39, 0.29) is 12.5 Å². The number of benzene rings is 1. The highest BCUT2D eigenvalue weighted by atomic mass is 16.5. The van der Waals surface area contributed by atoms with Gasteiger partial charge in [-0.25, -0.2) is 0 Å². The van der Waals surface area contributed by atoms with E-state index >= 15 is 0 Å². The number of nitrogens with one attached hydrogen (secondary N) is 1. The highest BCUT2D eigenvalue weighted by Gasteiger charge is 2.30. The Morgan fingerprint density at radius 1 is 1.19 bits per heavy atom. The van der Waals surface area contributed by atoms with E-state index in [1.54, 1.807) is 6.07 Å². The van der Waals surface area contributed by atoms with Crippen LogP contribution >= 0.6 is 0 Å². The monoisotopic (exact) mass is 297 g/mol. The molecule has 21 heavy (non-hydrogen) atoms. The molecule has 1 aromatic rings. The van der Waals surface area contributed by atoms with Crippen LogP contribution in [0, 0.1) is 0 Å². The second-order valence-electron chi connectivity index (χ2n) is 5.28. The van der Waals surface area contributed by atoms with Crippen molar-refractivity contribution in [2.24, 2.45) is 0 Å². The molecular weight excluding hydrogens is 274 g/mol. The van der Waals surface area contributed by atoms with Gasteiger partial charge in [0.15, 0.2) is 6.61 Å².